The summed E-state index contributed by atoms with van der Waals surface area (Å²) >= 11 is 0. The highest BCUT2D eigenvalue weighted by Gasteiger charge is 2.27. The molecule has 0 spiro atoms. The van der Waals surface area contributed by atoms with Gasteiger partial charge in [0.1, 0.15) is 0 Å². The molecule has 5 aromatic rings. The van der Waals surface area contributed by atoms with Crippen LogP contribution in [0.4, 0.5) is 0 Å². The number of fused-ring (bicyclic) bond motifs is 8. The van der Waals surface area contributed by atoms with Crippen LogP contribution in [0.1, 0.15) is 154 Å². The number of hydrogen-bond acceptors (Lipinski definition) is 4. The fourth-order valence-corrected chi connectivity index (χ4v) is 7.74. The van der Waals surface area contributed by atoms with Crippen LogP contribution < -0.4 is 0 Å². The molecule has 2 aliphatic heterocycles. The molecule has 8 bridgehead atoms. The van der Waals surface area contributed by atoms with Crippen LogP contribution in [0.5, 0.6) is 0 Å². The molecule has 7 rings (SSSR count). The van der Waals surface area contributed by atoms with E-state index in [0.29, 0.717) is 17.0 Å². The number of rotatable bonds is 4. The summed E-state index contributed by atoms with van der Waals surface area (Å²) in [6, 6.07) is 23.9. The summed E-state index contributed by atoms with van der Waals surface area (Å²) < 4.78 is 0. The minimum absolute atomic E-state index is 0.0710. The maximum atomic E-state index is 13.5. The van der Waals surface area contributed by atoms with E-state index in [0.717, 1.165) is 61.3 Å². The summed E-state index contributed by atoms with van der Waals surface area (Å²) in [5.41, 5.74) is 15.8. The second-order valence-electron chi connectivity index (χ2n) is 20.4. The summed E-state index contributed by atoms with van der Waals surface area (Å²) in [7, 11) is 0. The minimum Gasteiger partial charge on any atom is -0.389 e. The number of carbonyl (C=O) groups is 1. The molecule has 1 atom stereocenters. The van der Waals surface area contributed by atoms with Gasteiger partial charge in [0, 0.05) is 38.8 Å². The van der Waals surface area contributed by atoms with Gasteiger partial charge in [-0.05, 0) is 117 Å². The predicted molar refractivity (Wildman–Crippen MR) is 245 cm³/mol. The van der Waals surface area contributed by atoms with Crippen molar-refractivity contribution in [2.45, 2.75) is 125 Å². The zero-order chi connectivity index (χ0) is 42.3. The van der Waals surface area contributed by atoms with Gasteiger partial charge in [-0.15, -0.1) is 0 Å². The van der Waals surface area contributed by atoms with Gasteiger partial charge in [0.15, 0.2) is 5.78 Å². The summed E-state index contributed by atoms with van der Waals surface area (Å²) in [5, 5.41) is 11.4. The third-order valence-electron chi connectivity index (χ3n) is 11.4. The van der Waals surface area contributed by atoms with Crippen molar-refractivity contribution in [2.75, 3.05) is 0 Å². The molecule has 0 aliphatic carbocycles. The molecular weight excluding hydrogens is 713 g/mol. The molecule has 2 aliphatic rings. The monoisotopic (exact) mass is 772 g/mol. The fourth-order valence-electron chi connectivity index (χ4n) is 7.74. The second-order valence-corrected chi connectivity index (χ2v) is 20.4. The van der Waals surface area contributed by atoms with Crippen LogP contribution in [0, 0.1) is 0 Å². The molecule has 3 N–H and O–H groups in total. The summed E-state index contributed by atoms with van der Waals surface area (Å²) in [4.78, 5) is 31.4. The third-order valence-corrected chi connectivity index (χ3v) is 11.4. The van der Waals surface area contributed by atoms with Gasteiger partial charge in [0.25, 0.3) is 0 Å². The Morgan fingerprint density at radius 2 is 1.14 bits per heavy atom. The highest BCUT2D eigenvalue weighted by Crippen LogP contribution is 2.41. The Labute approximate surface area is 344 Å². The van der Waals surface area contributed by atoms with E-state index in [-0.39, 0.29) is 27.4 Å². The lowest BCUT2D eigenvalue weighted by Crippen LogP contribution is -2.16. The number of hydrogen-bond donors (Lipinski definition) is 3. The van der Waals surface area contributed by atoms with Crippen molar-refractivity contribution < 1.29 is 9.90 Å². The van der Waals surface area contributed by atoms with Crippen molar-refractivity contribution in [3.63, 3.8) is 0 Å². The van der Waals surface area contributed by atoms with Gasteiger partial charge in [-0.3, -0.25) is 4.79 Å². The van der Waals surface area contributed by atoms with Crippen molar-refractivity contribution in [3.05, 3.63) is 117 Å². The molecule has 0 saturated carbocycles. The van der Waals surface area contributed by atoms with E-state index in [1.807, 2.05) is 24.3 Å². The molecule has 58 heavy (non-hydrogen) atoms. The van der Waals surface area contributed by atoms with Crippen LogP contribution in [0.15, 0.2) is 66.7 Å². The number of nitrogens with zero attached hydrogens (tertiary/aromatic N) is 2. The summed E-state index contributed by atoms with van der Waals surface area (Å²) in [6.45, 7) is 30.3. The van der Waals surface area contributed by atoms with E-state index in [9.17, 15) is 9.90 Å². The van der Waals surface area contributed by atoms with Crippen molar-refractivity contribution >= 4 is 51.7 Å². The molecular formula is C52H60N4O2. The van der Waals surface area contributed by atoms with Gasteiger partial charge >= 0.3 is 0 Å². The Bertz CT molecular complexity index is 2640. The van der Waals surface area contributed by atoms with Crippen LogP contribution in [-0.4, -0.2) is 30.8 Å². The number of aliphatic hydroxyl groups is 1. The van der Waals surface area contributed by atoms with E-state index in [4.69, 9.17) is 9.97 Å². The van der Waals surface area contributed by atoms with Crippen molar-refractivity contribution in [2.24, 2.45) is 0 Å². The number of carbonyl (C=O) groups excluding carboxylic acids is 1. The number of H-pyrrole nitrogens is 2. The molecule has 300 valence electrons. The van der Waals surface area contributed by atoms with E-state index < -0.39 is 6.10 Å². The second kappa shape index (κ2) is 14.2. The van der Waals surface area contributed by atoms with Crippen molar-refractivity contribution in [3.8, 4) is 22.3 Å². The number of aliphatic hydroxyl groups excluding tert-OH is 1. The number of nitrogens with one attached hydrogen (secondary N) is 2. The average Bonchev–Trinajstić information content (AvgIpc) is 3.92. The van der Waals surface area contributed by atoms with Gasteiger partial charge in [0.05, 0.1) is 34.4 Å². The van der Waals surface area contributed by atoms with Crippen LogP contribution in [-0.2, 0) is 26.5 Å². The Balaban J connectivity index is 1.65. The molecule has 0 amide bonds. The maximum absolute atomic E-state index is 13.5. The van der Waals surface area contributed by atoms with E-state index in [1.165, 1.54) is 22.3 Å². The Kier molecular flexibility index (Phi) is 10.00. The van der Waals surface area contributed by atoms with Crippen molar-refractivity contribution in [1.29, 1.82) is 0 Å². The molecule has 1 unspecified atom stereocenters. The van der Waals surface area contributed by atoms with Gasteiger partial charge in [-0.25, -0.2) is 9.97 Å². The largest absolute Gasteiger partial charge is 0.389 e. The molecule has 2 aromatic carbocycles. The topological polar surface area (TPSA) is 94.7 Å². The SMILES string of the molecule is CC(=O)C1=Cc2nc1cc1ccc([nH]1)c(-c1cc(C(C)(C)C)cc(C(C)(C)C)c1)c1nc(cc3cc(C(C)O)c([nH]3)c2-c2cc(C(C)(C)C)cc(C(C)(C)C)c2)C=C1. The first-order chi connectivity index (χ1) is 26.9. The van der Waals surface area contributed by atoms with Crippen LogP contribution in [0.25, 0.3) is 68.1 Å². The van der Waals surface area contributed by atoms with E-state index >= 15 is 0 Å². The number of aromatic amines is 2. The van der Waals surface area contributed by atoms with Gasteiger partial charge in [0.2, 0.25) is 0 Å². The van der Waals surface area contributed by atoms with Crippen molar-refractivity contribution in [1.82, 2.24) is 19.9 Å². The molecule has 6 heteroatoms. The first-order valence-corrected chi connectivity index (χ1v) is 20.6. The van der Waals surface area contributed by atoms with Gasteiger partial charge in [-0.2, -0.15) is 0 Å². The zero-order valence-electron chi connectivity index (χ0n) is 36.9. The number of aromatic nitrogens is 4. The molecule has 0 radical (unpaired) electrons. The maximum Gasteiger partial charge on any atom is 0.162 e. The highest BCUT2D eigenvalue weighted by molar-refractivity contribution is 6.25. The summed E-state index contributed by atoms with van der Waals surface area (Å²) in [5.74, 6) is -0.0710. The summed E-state index contributed by atoms with van der Waals surface area (Å²) in [6.07, 6.45) is 5.27. The first-order valence-electron chi connectivity index (χ1n) is 20.6. The predicted octanol–water partition coefficient (Wildman–Crippen LogP) is 13.2. The standard InChI is InChI=1S/C52H60N4O2/c1-29(57)40-28-45-47(32-21-35(51(9,10)11)24-36(22-32)52(12,13)14)48-41(30(2)58)26-39(55-48)25-37-15-17-42(53-37)46(43-18-16-38(54-43)27-44(40)56-45)31-19-33(49(3,4)5)23-34(20-31)50(6,7)8/h15-28,30,54-55,58H,1-14H3. The van der Waals surface area contributed by atoms with E-state index in [2.05, 4.69) is 154 Å². The molecule has 5 heterocycles. The van der Waals surface area contributed by atoms with Crippen LogP contribution >= 0.6 is 0 Å². The smallest absolute Gasteiger partial charge is 0.162 e. The van der Waals surface area contributed by atoms with Gasteiger partial charge < -0.3 is 15.1 Å². The lowest BCUT2D eigenvalue weighted by molar-refractivity contribution is -0.111. The van der Waals surface area contributed by atoms with Crippen LogP contribution in [0.2, 0.25) is 0 Å². The number of ketones is 1. The zero-order valence-corrected chi connectivity index (χ0v) is 36.9. The normalized spacial score (nSPS) is 14.2. The Morgan fingerprint density at radius 3 is 1.64 bits per heavy atom. The fraction of sp³-hybridized carbons (Fsp3) is 0.365. The lowest BCUT2D eigenvalue weighted by Gasteiger charge is -2.26. The number of benzene rings is 2. The number of Topliss-reactive ketones (excluding diaryl/α,β-unsaturated/α-hetero) is 1. The lowest BCUT2D eigenvalue weighted by atomic mass is 9.78. The Morgan fingerprint density at radius 1 is 0.603 bits per heavy atom. The highest BCUT2D eigenvalue weighted by atomic mass is 16.3. The van der Waals surface area contributed by atoms with Crippen LogP contribution in [0.3, 0.4) is 0 Å². The molecule has 0 saturated heterocycles. The van der Waals surface area contributed by atoms with E-state index in [1.54, 1.807) is 13.8 Å². The minimum atomic E-state index is -0.793. The molecule has 0 fully saturated rings. The van der Waals surface area contributed by atoms with Gasteiger partial charge in [-0.1, -0.05) is 119 Å². The third kappa shape index (κ3) is 8.04. The quantitative estimate of drug-likeness (QED) is 0.166. The Hall–Kier alpha value is -5.33. The first kappa shape index (κ1) is 40.9. The average molecular weight is 773 g/mol. The molecule has 6 nitrogen and oxygen atoms in total. The number of allylic oxidation sites excluding steroid dienone is 1. The molecule has 3 aromatic heterocycles.